The van der Waals surface area contributed by atoms with Gasteiger partial charge in [-0.2, -0.15) is 0 Å². The fourth-order valence-electron chi connectivity index (χ4n) is 1.90. The number of carboxylic acids is 1. The Morgan fingerprint density at radius 2 is 1.52 bits per heavy atom. The minimum Gasteiger partial charge on any atom is -0.545 e. The SMILES string of the molecule is CCc1ccc(C(=O)/C=C/c2ccc(C(=O)[O-])cc2)cc1. The third-order valence-corrected chi connectivity index (χ3v) is 3.22. The zero-order valence-electron chi connectivity index (χ0n) is 11.7. The van der Waals surface area contributed by atoms with E-state index in [1.54, 1.807) is 18.2 Å². The molecule has 0 fully saturated rings. The van der Waals surface area contributed by atoms with Crippen molar-refractivity contribution in [2.75, 3.05) is 0 Å². The lowest BCUT2D eigenvalue weighted by molar-refractivity contribution is -0.255. The van der Waals surface area contributed by atoms with Gasteiger partial charge in [-0.3, -0.25) is 4.79 Å². The summed E-state index contributed by atoms with van der Waals surface area (Å²) in [5.41, 5.74) is 2.70. The van der Waals surface area contributed by atoms with E-state index in [1.807, 2.05) is 24.3 Å². The molecular formula is C18H15O3-. The summed E-state index contributed by atoms with van der Waals surface area (Å²) < 4.78 is 0. The van der Waals surface area contributed by atoms with Gasteiger partial charge in [0.1, 0.15) is 0 Å². The lowest BCUT2D eigenvalue weighted by Crippen LogP contribution is -2.21. The number of rotatable bonds is 5. The number of allylic oxidation sites excluding steroid dienone is 1. The lowest BCUT2D eigenvalue weighted by Gasteiger charge is -2.02. The van der Waals surface area contributed by atoms with Crippen molar-refractivity contribution in [2.24, 2.45) is 0 Å². The minimum atomic E-state index is -1.21. The van der Waals surface area contributed by atoms with Crippen molar-refractivity contribution < 1.29 is 14.7 Å². The van der Waals surface area contributed by atoms with Crippen LogP contribution in [-0.4, -0.2) is 11.8 Å². The molecular weight excluding hydrogens is 264 g/mol. The Hall–Kier alpha value is -2.68. The predicted octanol–water partition coefficient (Wildman–Crippen LogP) is 2.51. The molecule has 0 bridgehead atoms. The molecule has 0 unspecified atom stereocenters. The Morgan fingerprint density at radius 3 is 2.05 bits per heavy atom. The molecule has 0 aromatic heterocycles. The third-order valence-electron chi connectivity index (χ3n) is 3.22. The van der Waals surface area contributed by atoms with E-state index in [4.69, 9.17) is 0 Å². The maximum Gasteiger partial charge on any atom is 0.185 e. The molecule has 106 valence electrons. The number of hydrogen-bond donors (Lipinski definition) is 0. The van der Waals surface area contributed by atoms with Crippen molar-refractivity contribution in [3.05, 3.63) is 76.9 Å². The fraction of sp³-hybridized carbons (Fsp3) is 0.111. The van der Waals surface area contributed by atoms with Gasteiger partial charge in [0.2, 0.25) is 0 Å². The Morgan fingerprint density at radius 1 is 0.952 bits per heavy atom. The standard InChI is InChI=1S/C18H16O3/c1-2-13-3-8-15(9-4-13)17(19)12-7-14-5-10-16(11-6-14)18(20)21/h3-12H,2H2,1H3,(H,20,21)/p-1/b12-7+. The highest BCUT2D eigenvalue weighted by Crippen LogP contribution is 2.09. The van der Waals surface area contributed by atoms with Gasteiger partial charge in [0.15, 0.2) is 5.78 Å². The summed E-state index contributed by atoms with van der Waals surface area (Å²) in [5, 5.41) is 10.6. The molecule has 0 N–H and O–H groups in total. The number of carbonyl (C=O) groups is 2. The van der Waals surface area contributed by atoms with E-state index in [0.717, 1.165) is 12.0 Å². The number of benzene rings is 2. The Balaban J connectivity index is 2.08. The highest BCUT2D eigenvalue weighted by Gasteiger charge is 2.01. The maximum absolute atomic E-state index is 12.0. The van der Waals surface area contributed by atoms with Crippen molar-refractivity contribution in [3.8, 4) is 0 Å². The summed E-state index contributed by atoms with van der Waals surface area (Å²) in [5.74, 6) is -1.29. The number of ketones is 1. The van der Waals surface area contributed by atoms with Crippen LogP contribution in [0.2, 0.25) is 0 Å². The number of aromatic carboxylic acids is 1. The molecule has 0 heterocycles. The number of aryl methyl sites for hydroxylation is 1. The first kappa shape index (κ1) is 14.7. The first-order valence-corrected chi connectivity index (χ1v) is 6.73. The Labute approximate surface area is 123 Å². The molecule has 0 aliphatic rings. The summed E-state index contributed by atoms with van der Waals surface area (Å²) in [6.45, 7) is 2.06. The molecule has 0 aliphatic carbocycles. The van der Waals surface area contributed by atoms with Gasteiger partial charge in [-0.1, -0.05) is 61.5 Å². The Bertz CT molecular complexity index is 665. The first-order valence-electron chi connectivity index (χ1n) is 6.73. The van der Waals surface area contributed by atoms with Gasteiger partial charge >= 0.3 is 0 Å². The highest BCUT2D eigenvalue weighted by atomic mass is 16.4. The van der Waals surface area contributed by atoms with Crippen LogP contribution >= 0.6 is 0 Å². The summed E-state index contributed by atoms with van der Waals surface area (Å²) in [7, 11) is 0. The van der Waals surface area contributed by atoms with E-state index in [9.17, 15) is 14.7 Å². The van der Waals surface area contributed by atoms with Crippen LogP contribution in [0.15, 0.2) is 54.6 Å². The van der Waals surface area contributed by atoms with E-state index in [-0.39, 0.29) is 11.3 Å². The summed E-state index contributed by atoms with van der Waals surface area (Å²) in [6, 6.07) is 13.7. The van der Waals surface area contributed by atoms with Gasteiger partial charge in [-0.15, -0.1) is 0 Å². The molecule has 0 spiro atoms. The largest absolute Gasteiger partial charge is 0.545 e. The van der Waals surface area contributed by atoms with Crippen LogP contribution in [0.5, 0.6) is 0 Å². The second-order valence-electron chi connectivity index (χ2n) is 4.66. The van der Waals surface area contributed by atoms with E-state index in [1.165, 1.54) is 23.8 Å². The number of hydrogen-bond acceptors (Lipinski definition) is 3. The zero-order chi connectivity index (χ0) is 15.2. The van der Waals surface area contributed by atoms with E-state index >= 15 is 0 Å². The van der Waals surface area contributed by atoms with Gasteiger partial charge in [0.25, 0.3) is 0 Å². The van der Waals surface area contributed by atoms with Crippen LogP contribution in [0.1, 0.15) is 38.8 Å². The smallest absolute Gasteiger partial charge is 0.185 e. The molecule has 0 saturated heterocycles. The van der Waals surface area contributed by atoms with Crippen molar-refractivity contribution in [1.82, 2.24) is 0 Å². The van der Waals surface area contributed by atoms with E-state index in [2.05, 4.69) is 6.92 Å². The number of carboxylic acid groups (broad SMARTS) is 1. The van der Waals surface area contributed by atoms with Crippen LogP contribution in [0.25, 0.3) is 6.08 Å². The molecule has 0 atom stereocenters. The first-order chi connectivity index (χ1) is 10.1. The molecule has 3 heteroatoms. The van der Waals surface area contributed by atoms with Crippen LogP contribution in [0.4, 0.5) is 0 Å². The van der Waals surface area contributed by atoms with Gasteiger partial charge in [0.05, 0.1) is 5.97 Å². The van der Waals surface area contributed by atoms with Gasteiger partial charge < -0.3 is 9.90 Å². The molecule has 2 aromatic rings. The Kier molecular flexibility index (Phi) is 4.67. The fourth-order valence-corrected chi connectivity index (χ4v) is 1.90. The maximum atomic E-state index is 12.0. The zero-order valence-corrected chi connectivity index (χ0v) is 11.7. The van der Waals surface area contributed by atoms with Gasteiger partial charge in [-0.25, -0.2) is 0 Å². The summed E-state index contributed by atoms with van der Waals surface area (Å²) >= 11 is 0. The topological polar surface area (TPSA) is 57.2 Å². The van der Waals surface area contributed by atoms with Crippen LogP contribution < -0.4 is 5.11 Å². The van der Waals surface area contributed by atoms with Crippen molar-refractivity contribution in [1.29, 1.82) is 0 Å². The van der Waals surface area contributed by atoms with Gasteiger partial charge in [0, 0.05) is 5.56 Å². The highest BCUT2D eigenvalue weighted by molar-refractivity contribution is 6.06. The molecule has 0 amide bonds. The molecule has 0 saturated carbocycles. The second-order valence-corrected chi connectivity index (χ2v) is 4.66. The second kappa shape index (κ2) is 6.66. The molecule has 2 aromatic carbocycles. The molecule has 3 nitrogen and oxygen atoms in total. The monoisotopic (exact) mass is 279 g/mol. The summed E-state index contributed by atoms with van der Waals surface area (Å²) in [6.07, 6.45) is 4.08. The molecule has 0 radical (unpaired) electrons. The molecule has 0 aliphatic heterocycles. The average Bonchev–Trinajstić information content (AvgIpc) is 2.53. The summed E-state index contributed by atoms with van der Waals surface area (Å²) in [4.78, 5) is 22.6. The molecule has 21 heavy (non-hydrogen) atoms. The van der Waals surface area contributed by atoms with Crippen LogP contribution in [-0.2, 0) is 6.42 Å². The number of carbonyl (C=O) groups excluding carboxylic acids is 2. The van der Waals surface area contributed by atoms with E-state index < -0.39 is 5.97 Å². The lowest BCUT2D eigenvalue weighted by atomic mass is 10.1. The molecule has 2 rings (SSSR count). The third kappa shape index (κ3) is 3.89. The normalized spacial score (nSPS) is 10.7. The van der Waals surface area contributed by atoms with Crippen molar-refractivity contribution in [2.45, 2.75) is 13.3 Å². The van der Waals surface area contributed by atoms with Crippen molar-refractivity contribution >= 4 is 17.8 Å². The van der Waals surface area contributed by atoms with Crippen molar-refractivity contribution in [3.63, 3.8) is 0 Å². The minimum absolute atomic E-state index is 0.0818. The predicted molar refractivity (Wildman–Crippen MR) is 80.0 cm³/mol. The van der Waals surface area contributed by atoms with Crippen LogP contribution in [0, 0.1) is 0 Å². The quantitative estimate of drug-likeness (QED) is 0.624. The van der Waals surface area contributed by atoms with Crippen LogP contribution in [0.3, 0.4) is 0 Å². The van der Waals surface area contributed by atoms with Gasteiger partial charge in [-0.05, 0) is 29.2 Å². The van der Waals surface area contributed by atoms with E-state index in [0.29, 0.717) is 5.56 Å². The average molecular weight is 279 g/mol.